The molecular weight excluding hydrogens is 516 g/mol. The molecule has 3 rings (SSSR count). The molecule has 0 fully saturated rings. The molecule has 220 valence electrons. The van der Waals surface area contributed by atoms with E-state index in [0.717, 1.165) is 23.1 Å². The monoisotopic (exact) mass is 560 g/mol. The molecular formula is C34H44N2O5. The molecule has 0 aliphatic carbocycles. The molecule has 41 heavy (non-hydrogen) atoms. The minimum Gasteiger partial charge on any atom is -0.497 e. The summed E-state index contributed by atoms with van der Waals surface area (Å²) in [5.74, 6) is 1.81. The number of hydrogen-bond acceptors (Lipinski definition) is 5. The number of amides is 2. The van der Waals surface area contributed by atoms with Crippen molar-refractivity contribution in [1.29, 1.82) is 0 Å². The van der Waals surface area contributed by atoms with Gasteiger partial charge >= 0.3 is 0 Å². The van der Waals surface area contributed by atoms with Crippen LogP contribution in [0.2, 0.25) is 0 Å². The highest BCUT2D eigenvalue weighted by Crippen LogP contribution is 2.29. The highest BCUT2D eigenvalue weighted by Gasteiger charge is 2.31. The molecule has 0 saturated carbocycles. The minimum absolute atomic E-state index is 0.00427. The zero-order valence-electron chi connectivity index (χ0n) is 25.0. The summed E-state index contributed by atoms with van der Waals surface area (Å²) in [5, 5.41) is 3.12. The van der Waals surface area contributed by atoms with Crippen molar-refractivity contribution in [2.24, 2.45) is 0 Å². The van der Waals surface area contributed by atoms with Gasteiger partial charge < -0.3 is 24.4 Å². The quantitative estimate of drug-likeness (QED) is 0.233. The molecule has 0 aliphatic rings. The molecule has 7 nitrogen and oxygen atoms in total. The van der Waals surface area contributed by atoms with E-state index in [1.807, 2.05) is 100 Å². The third-order valence-electron chi connectivity index (χ3n) is 6.99. The molecule has 0 saturated heterocycles. The number of nitrogens with zero attached hydrogens (tertiary/aromatic N) is 1. The lowest BCUT2D eigenvalue weighted by Gasteiger charge is -2.32. The third kappa shape index (κ3) is 9.55. The lowest BCUT2D eigenvalue weighted by Crippen LogP contribution is -2.52. The van der Waals surface area contributed by atoms with Gasteiger partial charge in [-0.1, -0.05) is 55.5 Å². The summed E-state index contributed by atoms with van der Waals surface area (Å²) in [5.41, 5.74) is 2.86. The normalized spacial score (nSPS) is 12.2. The Morgan fingerprint density at radius 1 is 0.829 bits per heavy atom. The van der Waals surface area contributed by atoms with Crippen LogP contribution in [0.25, 0.3) is 0 Å². The van der Waals surface area contributed by atoms with E-state index in [0.29, 0.717) is 43.3 Å². The van der Waals surface area contributed by atoms with Gasteiger partial charge in [0.1, 0.15) is 11.8 Å². The first-order chi connectivity index (χ1) is 19.9. The fraction of sp³-hybridized carbons (Fsp3) is 0.412. The summed E-state index contributed by atoms with van der Waals surface area (Å²) in [4.78, 5) is 29.4. The van der Waals surface area contributed by atoms with Crippen molar-refractivity contribution >= 4 is 11.8 Å². The van der Waals surface area contributed by atoms with Crippen molar-refractivity contribution in [2.75, 3.05) is 20.3 Å². The maximum atomic E-state index is 14.0. The van der Waals surface area contributed by atoms with Crippen molar-refractivity contribution in [3.8, 4) is 17.2 Å². The zero-order valence-corrected chi connectivity index (χ0v) is 25.0. The Balaban J connectivity index is 1.92. The summed E-state index contributed by atoms with van der Waals surface area (Å²) < 4.78 is 16.9. The van der Waals surface area contributed by atoms with E-state index in [4.69, 9.17) is 14.2 Å². The Morgan fingerprint density at radius 3 is 2.22 bits per heavy atom. The third-order valence-corrected chi connectivity index (χ3v) is 6.99. The van der Waals surface area contributed by atoms with Gasteiger partial charge in [0.2, 0.25) is 11.8 Å². The molecule has 0 spiro atoms. The number of benzene rings is 3. The lowest BCUT2D eigenvalue weighted by atomic mass is 10.0. The predicted molar refractivity (Wildman–Crippen MR) is 162 cm³/mol. The van der Waals surface area contributed by atoms with Crippen molar-refractivity contribution in [3.05, 3.63) is 89.5 Å². The predicted octanol–water partition coefficient (Wildman–Crippen LogP) is 5.98. The fourth-order valence-corrected chi connectivity index (χ4v) is 4.61. The Morgan fingerprint density at radius 2 is 1.54 bits per heavy atom. The largest absolute Gasteiger partial charge is 0.497 e. The van der Waals surface area contributed by atoms with Gasteiger partial charge in [-0.2, -0.15) is 0 Å². The molecule has 7 heteroatoms. The number of carbonyl (C=O) groups is 2. The number of hydrogen-bond donors (Lipinski definition) is 1. The number of rotatable bonds is 16. The number of aryl methyl sites for hydroxylation is 1. The van der Waals surface area contributed by atoms with Gasteiger partial charge in [-0.25, -0.2) is 0 Å². The van der Waals surface area contributed by atoms with Crippen LogP contribution in [-0.4, -0.2) is 49.1 Å². The van der Waals surface area contributed by atoms with E-state index in [1.165, 1.54) is 0 Å². The van der Waals surface area contributed by atoms with Crippen LogP contribution in [0.1, 0.15) is 57.2 Å². The smallest absolute Gasteiger partial charge is 0.243 e. The van der Waals surface area contributed by atoms with Crippen LogP contribution >= 0.6 is 0 Å². The Kier molecular flexibility index (Phi) is 12.5. The van der Waals surface area contributed by atoms with Crippen LogP contribution in [0.15, 0.2) is 72.8 Å². The molecule has 0 bridgehead atoms. The average Bonchev–Trinajstić information content (AvgIpc) is 2.99. The van der Waals surface area contributed by atoms with E-state index in [1.54, 1.807) is 12.0 Å². The average molecular weight is 561 g/mol. The van der Waals surface area contributed by atoms with Gasteiger partial charge in [0, 0.05) is 25.4 Å². The van der Waals surface area contributed by atoms with Crippen LogP contribution in [0.5, 0.6) is 17.2 Å². The molecule has 0 aliphatic heterocycles. The van der Waals surface area contributed by atoms with Crippen LogP contribution in [0.3, 0.4) is 0 Å². The molecule has 0 aromatic heterocycles. The highest BCUT2D eigenvalue weighted by atomic mass is 16.5. The Hall–Kier alpha value is -4.00. The Labute approximate surface area is 244 Å². The molecule has 0 heterocycles. The van der Waals surface area contributed by atoms with E-state index in [9.17, 15) is 9.59 Å². The van der Waals surface area contributed by atoms with Crippen LogP contribution in [0.4, 0.5) is 0 Å². The molecule has 2 amide bonds. The SMILES string of the molecule is CCOc1ccc(CCC(=O)N(Cc2cccc(OC)c2)[C@H](Cc2ccccc2)C(=O)N[C@@H](C)CC)cc1OCC. The first kappa shape index (κ1) is 31.5. The second-order valence-corrected chi connectivity index (χ2v) is 10.0. The zero-order chi connectivity index (χ0) is 29.6. The highest BCUT2D eigenvalue weighted by molar-refractivity contribution is 5.88. The van der Waals surface area contributed by atoms with Gasteiger partial charge in [0.15, 0.2) is 11.5 Å². The standard InChI is InChI=1S/C34H44N2O5/c1-6-25(4)35-34(38)30(22-26-13-10-9-11-14-26)36(24-28-15-12-16-29(21-28)39-5)33(37)20-18-27-17-19-31(40-7-2)32(23-27)41-8-3/h9-17,19,21,23,25,30H,6-8,18,20,22,24H2,1-5H3,(H,35,38)/t25-,30+/m0/s1. The lowest BCUT2D eigenvalue weighted by molar-refractivity contribution is -0.141. The van der Waals surface area contributed by atoms with Crippen LogP contribution < -0.4 is 19.5 Å². The topological polar surface area (TPSA) is 77.1 Å². The van der Waals surface area contributed by atoms with Crippen molar-refractivity contribution in [1.82, 2.24) is 10.2 Å². The first-order valence-electron chi connectivity index (χ1n) is 14.5. The molecule has 3 aromatic rings. The van der Waals surface area contributed by atoms with Crippen LogP contribution in [0, 0.1) is 0 Å². The van der Waals surface area contributed by atoms with Gasteiger partial charge in [0.05, 0.1) is 20.3 Å². The molecule has 0 unspecified atom stereocenters. The van der Waals surface area contributed by atoms with E-state index >= 15 is 0 Å². The second-order valence-electron chi connectivity index (χ2n) is 10.0. The van der Waals surface area contributed by atoms with E-state index in [2.05, 4.69) is 5.32 Å². The fourth-order valence-electron chi connectivity index (χ4n) is 4.61. The van der Waals surface area contributed by atoms with E-state index < -0.39 is 6.04 Å². The van der Waals surface area contributed by atoms with Crippen molar-refractivity contribution in [2.45, 2.75) is 72.0 Å². The summed E-state index contributed by atoms with van der Waals surface area (Å²) in [6.07, 6.45) is 1.96. The summed E-state index contributed by atoms with van der Waals surface area (Å²) >= 11 is 0. The maximum Gasteiger partial charge on any atom is 0.243 e. The number of ether oxygens (including phenoxy) is 3. The Bertz CT molecular complexity index is 1250. The molecule has 0 radical (unpaired) electrons. The maximum absolute atomic E-state index is 14.0. The number of methoxy groups -OCH3 is 1. The molecule has 2 atom stereocenters. The minimum atomic E-state index is -0.676. The summed E-state index contributed by atoms with van der Waals surface area (Å²) in [6.45, 7) is 9.22. The van der Waals surface area contributed by atoms with E-state index in [-0.39, 0.29) is 30.8 Å². The summed E-state index contributed by atoms with van der Waals surface area (Å²) in [7, 11) is 1.62. The van der Waals surface area contributed by atoms with Crippen molar-refractivity contribution < 1.29 is 23.8 Å². The number of nitrogens with one attached hydrogen (secondary N) is 1. The summed E-state index contributed by atoms with van der Waals surface area (Å²) in [6, 6.07) is 22.6. The van der Waals surface area contributed by atoms with Crippen molar-refractivity contribution in [3.63, 3.8) is 0 Å². The first-order valence-corrected chi connectivity index (χ1v) is 14.5. The molecule has 1 N–H and O–H groups in total. The van der Waals surface area contributed by atoms with Gasteiger partial charge in [-0.05, 0) is 74.6 Å². The van der Waals surface area contributed by atoms with Crippen LogP contribution in [-0.2, 0) is 29.0 Å². The van der Waals surface area contributed by atoms with Gasteiger partial charge in [-0.3, -0.25) is 9.59 Å². The van der Waals surface area contributed by atoms with Gasteiger partial charge in [-0.15, -0.1) is 0 Å². The molecule has 3 aromatic carbocycles. The van der Waals surface area contributed by atoms with Gasteiger partial charge in [0.25, 0.3) is 0 Å². The second kappa shape index (κ2) is 16.3. The number of carbonyl (C=O) groups excluding carboxylic acids is 2.